The van der Waals surface area contributed by atoms with Crippen molar-refractivity contribution in [3.05, 3.63) is 52.1 Å². The highest BCUT2D eigenvalue weighted by Gasteiger charge is 2.40. The Balaban J connectivity index is 1.25. The Morgan fingerprint density at radius 3 is 2.67 bits per heavy atom. The van der Waals surface area contributed by atoms with Crippen molar-refractivity contribution in [1.29, 1.82) is 5.26 Å². The molecule has 2 N–H and O–H groups in total. The van der Waals surface area contributed by atoms with Gasteiger partial charge in [0.25, 0.3) is 5.91 Å². The highest BCUT2D eigenvalue weighted by Crippen LogP contribution is 2.43. The number of pyridine rings is 1. The topological polar surface area (TPSA) is 158 Å². The zero-order valence-corrected chi connectivity index (χ0v) is 36.4. The largest absolute Gasteiger partial charge is 0.464 e. The van der Waals surface area contributed by atoms with Gasteiger partial charge < -0.3 is 29.2 Å². The van der Waals surface area contributed by atoms with Crippen LogP contribution in [0.5, 0.6) is 0 Å². The average molecular weight is 836 g/mol. The van der Waals surface area contributed by atoms with Gasteiger partial charge in [-0.15, -0.1) is 11.3 Å². The quantitative estimate of drug-likeness (QED) is 0.227. The first-order valence-electron chi connectivity index (χ1n) is 21.4. The van der Waals surface area contributed by atoms with Gasteiger partial charge in [-0.1, -0.05) is 19.9 Å². The molecule has 3 fully saturated rings. The predicted octanol–water partition coefficient (Wildman–Crippen LogP) is 5.50. The molecule has 1 aliphatic carbocycles. The molecule has 318 valence electrons. The number of nitrogens with one attached hydrogen (secondary N) is 2. The standard InChI is InChI=1S/C45H57N9O5S/c1-7-53-38-13-11-28-19-32(38)34(41(53)33-20-30(24-47-40(33)27(2)58-6)52-17-15-51(5)16-18-52)22-45(3,4)26-59-44(57)35-9-8-14-54(50-35)43(56)36(21-39-48-37(28)25-60-39)49-42(55)31-12-10-29(31)23-46/h11,13,19-20,24-25,27,29,31,35-36,50H,7-10,12,14-18,21-22,26H2,1-6H3,(H,49,55)/t27-,29?,31+,35-,36-/m0/s1. The molecule has 2 amide bonds. The first-order chi connectivity index (χ1) is 28.9. The van der Waals surface area contributed by atoms with E-state index in [9.17, 15) is 19.6 Å². The third-order valence-corrected chi connectivity index (χ3v) is 13.7. The van der Waals surface area contributed by atoms with Crippen LogP contribution in [0.3, 0.4) is 0 Å². The average Bonchev–Trinajstić information content (AvgIpc) is 3.83. The van der Waals surface area contributed by atoms with E-state index in [0.717, 1.165) is 76.5 Å². The third kappa shape index (κ3) is 8.27. The van der Waals surface area contributed by atoms with Crippen molar-refractivity contribution in [1.82, 2.24) is 35.2 Å². The molecular weight excluding hydrogens is 779 g/mol. The summed E-state index contributed by atoms with van der Waals surface area (Å²) >= 11 is 1.45. The highest BCUT2D eigenvalue weighted by atomic mass is 32.1. The van der Waals surface area contributed by atoms with Gasteiger partial charge in [-0.05, 0) is 76.8 Å². The van der Waals surface area contributed by atoms with Gasteiger partial charge in [0, 0.05) is 85.6 Å². The molecule has 4 aliphatic rings. The second kappa shape index (κ2) is 17.2. The van der Waals surface area contributed by atoms with Crippen LogP contribution in [0, 0.1) is 28.6 Å². The normalized spacial score (nSPS) is 24.3. The maximum atomic E-state index is 14.2. The smallest absolute Gasteiger partial charge is 0.324 e. The number of aryl methyl sites for hydroxylation is 1. The molecule has 3 aromatic heterocycles. The number of esters is 1. The van der Waals surface area contributed by atoms with Crippen molar-refractivity contribution < 1.29 is 23.9 Å². The number of nitrogens with zero attached hydrogens (tertiary/aromatic N) is 7. The van der Waals surface area contributed by atoms with E-state index in [2.05, 4.69) is 83.3 Å². The van der Waals surface area contributed by atoms with Crippen LogP contribution < -0.4 is 15.6 Å². The lowest BCUT2D eigenvalue weighted by Gasteiger charge is -2.36. The van der Waals surface area contributed by atoms with Gasteiger partial charge in [0.1, 0.15) is 12.1 Å². The summed E-state index contributed by atoms with van der Waals surface area (Å²) in [5.41, 5.74) is 10.6. The molecule has 1 unspecified atom stereocenters. The second-order valence-electron chi connectivity index (χ2n) is 17.7. The monoisotopic (exact) mass is 835 g/mol. The van der Waals surface area contributed by atoms with Crippen LogP contribution in [0.2, 0.25) is 0 Å². The van der Waals surface area contributed by atoms with Gasteiger partial charge in [0.15, 0.2) is 0 Å². The molecule has 60 heavy (non-hydrogen) atoms. The molecule has 6 bridgehead atoms. The molecule has 8 rings (SSSR count). The molecule has 2 saturated heterocycles. The number of benzene rings is 1. The lowest BCUT2D eigenvalue weighted by atomic mass is 9.74. The Morgan fingerprint density at radius 1 is 1.15 bits per heavy atom. The first-order valence-corrected chi connectivity index (χ1v) is 22.3. The highest BCUT2D eigenvalue weighted by molar-refractivity contribution is 7.10. The minimum absolute atomic E-state index is 0.159. The van der Waals surface area contributed by atoms with E-state index in [1.165, 1.54) is 16.3 Å². The summed E-state index contributed by atoms with van der Waals surface area (Å²) in [4.78, 5) is 56.4. The maximum absolute atomic E-state index is 14.2. The SMILES string of the molecule is CCn1c(-c2cc(N3CCN(C)CC3)cnc2[C@H](C)OC)c2c3cc(ccc31)-c1csc(n1)C[C@H](NC(=O)[C@@H]1CCC1C#N)C(=O)N1CCC[C@H](N1)C(=O)OCC(C)(C)C2. The number of thiazole rings is 1. The minimum atomic E-state index is -0.939. The van der Waals surface area contributed by atoms with Gasteiger partial charge in [0.05, 0.1) is 64.6 Å². The number of aromatic nitrogens is 3. The Morgan fingerprint density at radius 2 is 1.95 bits per heavy atom. The Bertz CT molecular complexity index is 2310. The number of amides is 2. The summed E-state index contributed by atoms with van der Waals surface area (Å²) in [5, 5.41) is 17.8. The van der Waals surface area contributed by atoms with E-state index in [4.69, 9.17) is 19.4 Å². The molecule has 1 aromatic carbocycles. The number of nitriles is 1. The van der Waals surface area contributed by atoms with Gasteiger partial charge in [-0.3, -0.25) is 24.4 Å². The van der Waals surface area contributed by atoms with E-state index in [0.29, 0.717) is 50.2 Å². The van der Waals surface area contributed by atoms with Crippen LogP contribution in [-0.2, 0) is 43.2 Å². The number of hydrogen-bond donors (Lipinski definition) is 2. The number of hydrazine groups is 1. The second-order valence-corrected chi connectivity index (χ2v) is 18.6. The van der Waals surface area contributed by atoms with Crippen molar-refractivity contribution >= 4 is 45.7 Å². The van der Waals surface area contributed by atoms with Crippen LogP contribution >= 0.6 is 11.3 Å². The van der Waals surface area contributed by atoms with Gasteiger partial charge in [-0.2, -0.15) is 5.26 Å². The Hall–Kier alpha value is -4.88. The summed E-state index contributed by atoms with van der Waals surface area (Å²) in [6.45, 7) is 13.5. The van der Waals surface area contributed by atoms with Crippen molar-refractivity contribution in [3.8, 4) is 28.6 Å². The van der Waals surface area contributed by atoms with Crippen molar-refractivity contribution in [2.45, 2.75) is 91.0 Å². The number of hydrogen-bond acceptors (Lipinski definition) is 12. The molecule has 0 radical (unpaired) electrons. The minimum Gasteiger partial charge on any atom is -0.464 e. The van der Waals surface area contributed by atoms with Crippen LogP contribution in [-0.4, -0.2) is 108 Å². The summed E-state index contributed by atoms with van der Waals surface area (Å²) < 4.78 is 14.5. The summed E-state index contributed by atoms with van der Waals surface area (Å²) in [5.74, 6) is -1.89. The van der Waals surface area contributed by atoms with Gasteiger partial charge >= 0.3 is 5.97 Å². The molecule has 14 nitrogen and oxygen atoms in total. The Labute approximate surface area is 356 Å². The van der Waals surface area contributed by atoms with E-state index in [1.807, 2.05) is 18.5 Å². The van der Waals surface area contributed by atoms with E-state index >= 15 is 0 Å². The lowest BCUT2D eigenvalue weighted by molar-refractivity contribution is -0.155. The number of carbonyl (C=O) groups excluding carboxylic acids is 3. The zero-order valence-electron chi connectivity index (χ0n) is 35.6. The number of carbonyl (C=O) groups is 3. The number of fused-ring (bicyclic) bond motifs is 6. The molecule has 6 heterocycles. The summed E-state index contributed by atoms with van der Waals surface area (Å²) in [7, 11) is 3.88. The summed E-state index contributed by atoms with van der Waals surface area (Å²) in [6, 6.07) is 9.33. The Kier molecular flexibility index (Phi) is 12.0. The fraction of sp³-hybridized carbons (Fsp3) is 0.556. The van der Waals surface area contributed by atoms with Crippen LogP contribution in [0.4, 0.5) is 5.69 Å². The number of likely N-dealkylation sites (N-methyl/N-ethyl adjacent to an activating group) is 1. The number of cyclic esters (lactones) is 1. The zero-order chi connectivity index (χ0) is 42.3. The van der Waals surface area contributed by atoms with Crippen LogP contribution in [0.15, 0.2) is 35.8 Å². The number of ether oxygens (including phenoxy) is 2. The predicted molar refractivity (Wildman–Crippen MR) is 231 cm³/mol. The fourth-order valence-electron chi connectivity index (χ4n) is 9.08. The first kappa shape index (κ1) is 41.8. The summed E-state index contributed by atoms with van der Waals surface area (Å²) in [6.07, 6.45) is 4.86. The van der Waals surface area contributed by atoms with E-state index in [-0.39, 0.29) is 36.9 Å². The fourth-order valence-corrected chi connectivity index (χ4v) is 9.94. The molecule has 0 spiro atoms. The molecule has 3 aliphatic heterocycles. The van der Waals surface area contributed by atoms with Crippen molar-refractivity contribution in [2.75, 3.05) is 58.4 Å². The van der Waals surface area contributed by atoms with Gasteiger partial charge in [0.2, 0.25) is 5.91 Å². The molecule has 4 aromatic rings. The number of rotatable bonds is 7. The van der Waals surface area contributed by atoms with Crippen molar-refractivity contribution in [3.63, 3.8) is 0 Å². The lowest BCUT2D eigenvalue weighted by Crippen LogP contribution is -2.61. The number of piperazine rings is 1. The number of methoxy groups -OCH3 is 1. The molecule has 1 saturated carbocycles. The molecule has 15 heteroatoms. The maximum Gasteiger partial charge on any atom is 0.324 e. The van der Waals surface area contributed by atoms with E-state index < -0.39 is 29.4 Å². The third-order valence-electron chi connectivity index (χ3n) is 12.9. The number of anilines is 1. The molecular formula is C45H57N9O5S. The van der Waals surface area contributed by atoms with Crippen molar-refractivity contribution in [2.24, 2.45) is 17.3 Å². The van der Waals surface area contributed by atoms with Gasteiger partial charge in [-0.25, -0.2) is 10.4 Å². The van der Waals surface area contributed by atoms with E-state index in [1.54, 1.807) is 7.11 Å². The molecule has 5 atom stereocenters. The van der Waals surface area contributed by atoms with Crippen LogP contribution in [0.25, 0.3) is 33.4 Å². The van der Waals surface area contributed by atoms with Crippen LogP contribution in [0.1, 0.15) is 75.7 Å².